The van der Waals surface area contributed by atoms with Gasteiger partial charge in [-0.25, -0.2) is 0 Å². The second-order valence-corrected chi connectivity index (χ2v) is 3.62. The van der Waals surface area contributed by atoms with E-state index in [1.54, 1.807) is 4.68 Å². The quantitative estimate of drug-likeness (QED) is 0.682. The summed E-state index contributed by atoms with van der Waals surface area (Å²) in [6.07, 6.45) is 2.84. The zero-order valence-corrected chi connectivity index (χ0v) is 8.22. The average Bonchev–Trinajstić information content (AvgIpc) is 2.35. The predicted molar refractivity (Wildman–Crippen MR) is 53.5 cm³/mol. The van der Waals surface area contributed by atoms with Gasteiger partial charge in [0, 0.05) is 30.7 Å². The highest BCUT2D eigenvalue weighted by molar-refractivity contribution is 7.84. The van der Waals surface area contributed by atoms with E-state index in [1.165, 1.54) is 0 Å². The van der Waals surface area contributed by atoms with E-state index in [1.807, 2.05) is 19.3 Å². The standard InChI is InChI=1S/C7H12N2S2/c1-9-3-2-6(8-9)4-7(11)5-10/h2-3,7,10-11H,4-5H2,1H3/t7-/m1/s1. The molecule has 1 rings (SSSR count). The van der Waals surface area contributed by atoms with Crippen molar-refractivity contribution in [3.63, 3.8) is 0 Å². The number of nitrogens with zero attached hydrogens (tertiary/aromatic N) is 2. The van der Waals surface area contributed by atoms with Gasteiger partial charge in [-0.15, -0.1) is 0 Å². The molecule has 2 nitrogen and oxygen atoms in total. The monoisotopic (exact) mass is 188 g/mol. The molecule has 1 aromatic heterocycles. The molecular formula is C7H12N2S2. The zero-order valence-electron chi connectivity index (χ0n) is 6.44. The third-order valence-corrected chi connectivity index (χ3v) is 2.52. The zero-order chi connectivity index (χ0) is 8.27. The summed E-state index contributed by atoms with van der Waals surface area (Å²) in [5, 5.41) is 4.55. The molecule has 4 heteroatoms. The number of rotatable bonds is 3. The van der Waals surface area contributed by atoms with E-state index in [0.29, 0.717) is 5.25 Å². The van der Waals surface area contributed by atoms with Gasteiger partial charge >= 0.3 is 0 Å². The molecule has 1 heterocycles. The molecule has 0 fully saturated rings. The molecule has 1 atom stereocenters. The molecular weight excluding hydrogens is 176 g/mol. The minimum absolute atomic E-state index is 0.313. The van der Waals surface area contributed by atoms with Crippen LogP contribution in [0.5, 0.6) is 0 Å². The Kier molecular flexibility index (Phi) is 3.33. The number of hydrogen-bond acceptors (Lipinski definition) is 3. The van der Waals surface area contributed by atoms with Gasteiger partial charge in [0.15, 0.2) is 0 Å². The lowest BCUT2D eigenvalue weighted by Crippen LogP contribution is -2.05. The molecule has 0 aliphatic heterocycles. The van der Waals surface area contributed by atoms with Crippen LogP contribution in [0.1, 0.15) is 5.69 Å². The third kappa shape index (κ3) is 2.79. The normalized spacial score (nSPS) is 13.4. The van der Waals surface area contributed by atoms with E-state index in [9.17, 15) is 0 Å². The number of hydrogen-bond donors (Lipinski definition) is 2. The van der Waals surface area contributed by atoms with Crippen molar-refractivity contribution < 1.29 is 0 Å². The van der Waals surface area contributed by atoms with Gasteiger partial charge in [-0.1, -0.05) is 0 Å². The Bertz CT molecular complexity index is 222. The maximum absolute atomic E-state index is 4.33. The molecule has 0 aromatic carbocycles. The smallest absolute Gasteiger partial charge is 0.0635 e. The molecule has 11 heavy (non-hydrogen) atoms. The van der Waals surface area contributed by atoms with Crippen LogP contribution in [-0.4, -0.2) is 20.8 Å². The largest absolute Gasteiger partial charge is 0.276 e. The molecule has 0 saturated carbocycles. The fourth-order valence-electron chi connectivity index (χ4n) is 0.878. The van der Waals surface area contributed by atoms with Gasteiger partial charge < -0.3 is 0 Å². The Morgan fingerprint density at radius 1 is 1.73 bits per heavy atom. The van der Waals surface area contributed by atoms with Crippen molar-refractivity contribution in [2.45, 2.75) is 11.7 Å². The highest BCUT2D eigenvalue weighted by Crippen LogP contribution is 2.06. The van der Waals surface area contributed by atoms with Crippen molar-refractivity contribution in [1.29, 1.82) is 0 Å². The molecule has 0 N–H and O–H groups in total. The highest BCUT2D eigenvalue weighted by Gasteiger charge is 2.03. The average molecular weight is 188 g/mol. The van der Waals surface area contributed by atoms with Crippen molar-refractivity contribution in [1.82, 2.24) is 9.78 Å². The summed E-state index contributed by atoms with van der Waals surface area (Å²) in [7, 11) is 1.91. The Hall–Kier alpha value is -0.0900. The summed E-state index contributed by atoms with van der Waals surface area (Å²) in [5.41, 5.74) is 1.08. The van der Waals surface area contributed by atoms with Crippen LogP contribution in [-0.2, 0) is 13.5 Å². The fourth-order valence-corrected chi connectivity index (χ4v) is 1.19. The van der Waals surface area contributed by atoms with Crippen LogP contribution in [0, 0.1) is 0 Å². The summed E-state index contributed by atoms with van der Waals surface area (Å²) in [5.74, 6) is 0.791. The Balaban J connectivity index is 2.50. The number of aryl methyl sites for hydroxylation is 1. The van der Waals surface area contributed by atoms with E-state index in [4.69, 9.17) is 0 Å². The van der Waals surface area contributed by atoms with Gasteiger partial charge in [0.2, 0.25) is 0 Å². The fraction of sp³-hybridized carbons (Fsp3) is 0.571. The predicted octanol–water partition coefficient (Wildman–Crippen LogP) is 1.19. The van der Waals surface area contributed by atoms with E-state index >= 15 is 0 Å². The first-order chi connectivity index (χ1) is 5.22. The van der Waals surface area contributed by atoms with Crippen molar-refractivity contribution in [2.24, 2.45) is 7.05 Å². The van der Waals surface area contributed by atoms with Gasteiger partial charge in [-0.05, 0) is 6.07 Å². The first kappa shape index (κ1) is 9.00. The van der Waals surface area contributed by atoms with Gasteiger partial charge in [0.25, 0.3) is 0 Å². The van der Waals surface area contributed by atoms with E-state index in [2.05, 4.69) is 30.4 Å². The molecule has 0 saturated heterocycles. The maximum Gasteiger partial charge on any atom is 0.0635 e. The molecule has 0 aliphatic carbocycles. The topological polar surface area (TPSA) is 17.8 Å². The van der Waals surface area contributed by atoms with E-state index < -0.39 is 0 Å². The Morgan fingerprint density at radius 3 is 2.91 bits per heavy atom. The van der Waals surface area contributed by atoms with Gasteiger partial charge in [0.1, 0.15) is 0 Å². The maximum atomic E-state index is 4.33. The lowest BCUT2D eigenvalue weighted by atomic mass is 10.2. The van der Waals surface area contributed by atoms with Crippen LogP contribution in [0.3, 0.4) is 0 Å². The first-order valence-corrected chi connectivity index (χ1v) is 4.64. The molecule has 0 aliphatic rings. The van der Waals surface area contributed by atoms with E-state index in [0.717, 1.165) is 17.9 Å². The summed E-state index contributed by atoms with van der Waals surface area (Å²) in [6.45, 7) is 0. The highest BCUT2D eigenvalue weighted by atomic mass is 32.1. The van der Waals surface area contributed by atoms with Crippen LogP contribution in [0.25, 0.3) is 0 Å². The molecule has 1 aromatic rings. The molecule has 0 spiro atoms. The summed E-state index contributed by atoms with van der Waals surface area (Å²) in [6, 6.07) is 2.01. The van der Waals surface area contributed by atoms with Crippen molar-refractivity contribution >= 4 is 25.3 Å². The van der Waals surface area contributed by atoms with Crippen LogP contribution in [0.15, 0.2) is 12.3 Å². The van der Waals surface area contributed by atoms with Gasteiger partial charge in [-0.2, -0.15) is 30.4 Å². The molecule has 0 amide bonds. The van der Waals surface area contributed by atoms with Crippen LogP contribution < -0.4 is 0 Å². The van der Waals surface area contributed by atoms with Crippen molar-refractivity contribution in [2.75, 3.05) is 5.75 Å². The molecule has 0 unspecified atom stereocenters. The van der Waals surface area contributed by atoms with E-state index in [-0.39, 0.29) is 0 Å². The van der Waals surface area contributed by atoms with Crippen LogP contribution >= 0.6 is 25.3 Å². The summed E-state index contributed by atoms with van der Waals surface area (Å²) >= 11 is 8.47. The van der Waals surface area contributed by atoms with Crippen LogP contribution in [0.4, 0.5) is 0 Å². The molecule has 0 radical (unpaired) electrons. The number of thiol groups is 2. The third-order valence-electron chi connectivity index (χ3n) is 1.42. The Morgan fingerprint density at radius 2 is 2.45 bits per heavy atom. The van der Waals surface area contributed by atoms with Crippen LogP contribution in [0.2, 0.25) is 0 Å². The SMILES string of the molecule is Cn1ccc(C[C@@H](S)CS)n1. The second kappa shape index (κ2) is 4.07. The first-order valence-electron chi connectivity index (χ1n) is 3.50. The van der Waals surface area contributed by atoms with Gasteiger partial charge in [-0.3, -0.25) is 4.68 Å². The lowest BCUT2D eigenvalue weighted by Gasteiger charge is -2.02. The minimum atomic E-state index is 0.313. The molecule has 0 bridgehead atoms. The Labute approximate surface area is 77.8 Å². The molecule has 62 valence electrons. The minimum Gasteiger partial charge on any atom is -0.276 e. The summed E-state index contributed by atoms with van der Waals surface area (Å²) in [4.78, 5) is 0. The summed E-state index contributed by atoms with van der Waals surface area (Å²) < 4.78 is 1.80. The van der Waals surface area contributed by atoms with Gasteiger partial charge in [0.05, 0.1) is 5.69 Å². The number of aromatic nitrogens is 2. The lowest BCUT2D eigenvalue weighted by molar-refractivity contribution is 0.737. The van der Waals surface area contributed by atoms with Crippen molar-refractivity contribution in [3.8, 4) is 0 Å². The van der Waals surface area contributed by atoms with Crippen molar-refractivity contribution in [3.05, 3.63) is 18.0 Å². The second-order valence-electron chi connectivity index (χ2n) is 2.52.